The van der Waals surface area contributed by atoms with Crippen LogP contribution in [0.25, 0.3) is 11.3 Å². The maximum atomic E-state index is 12.3. The zero-order valence-corrected chi connectivity index (χ0v) is 14.4. The number of carbonyl (C=O) groups excluding carboxylic acids is 2. The predicted octanol–water partition coefficient (Wildman–Crippen LogP) is 4.29. The van der Waals surface area contributed by atoms with Crippen LogP contribution < -0.4 is 5.32 Å². The molecule has 0 aliphatic carbocycles. The van der Waals surface area contributed by atoms with Crippen molar-refractivity contribution in [3.8, 4) is 11.3 Å². The van der Waals surface area contributed by atoms with Gasteiger partial charge in [0.15, 0.2) is 5.78 Å². The summed E-state index contributed by atoms with van der Waals surface area (Å²) < 4.78 is 0.977. The highest BCUT2D eigenvalue weighted by molar-refractivity contribution is 9.10. The summed E-state index contributed by atoms with van der Waals surface area (Å²) in [6.07, 6.45) is 0. The number of amides is 1. The lowest BCUT2D eigenvalue weighted by atomic mass is 10.1. The Balaban J connectivity index is 1.77. The molecule has 2 aromatic carbocycles. The van der Waals surface area contributed by atoms with Gasteiger partial charge in [-0.1, -0.05) is 40.2 Å². The van der Waals surface area contributed by atoms with Crippen molar-refractivity contribution in [2.24, 2.45) is 0 Å². The van der Waals surface area contributed by atoms with Gasteiger partial charge in [-0.3, -0.25) is 14.7 Å². The Morgan fingerprint density at radius 3 is 2.54 bits per heavy atom. The Hall–Kier alpha value is -2.73. The molecule has 0 radical (unpaired) electrons. The summed E-state index contributed by atoms with van der Waals surface area (Å²) in [6.45, 7) is 1.49. The fraction of sp³-hybridized carbons (Fsp3) is 0.0556. The molecule has 5 nitrogen and oxygen atoms in total. The molecule has 0 aliphatic rings. The molecule has 0 saturated carbocycles. The number of Topliss-reactive ketones (excluding diaryl/α,β-unsaturated/α-hetero) is 1. The number of ketones is 1. The third-order valence-corrected chi connectivity index (χ3v) is 4.02. The zero-order chi connectivity index (χ0) is 17.1. The van der Waals surface area contributed by atoms with Gasteiger partial charge in [0.2, 0.25) is 0 Å². The second-order valence-corrected chi connectivity index (χ2v) is 6.18. The van der Waals surface area contributed by atoms with E-state index in [1.54, 1.807) is 30.3 Å². The van der Waals surface area contributed by atoms with Gasteiger partial charge < -0.3 is 5.32 Å². The molecule has 3 rings (SSSR count). The first-order chi connectivity index (χ1) is 11.5. The lowest BCUT2D eigenvalue weighted by molar-refractivity contribution is 0.100. The van der Waals surface area contributed by atoms with Crippen molar-refractivity contribution >= 4 is 33.3 Å². The van der Waals surface area contributed by atoms with E-state index in [1.807, 2.05) is 24.3 Å². The van der Waals surface area contributed by atoms with Crippen LogP contribution in [0.2, 0.25) is 0 Å². The summed E-state index contributed by atoms with van der Waals surface area (Å²) in [7, 11) is 0. The van der Waals surface area contributed by atoms with E-state index in [9.17, 15) is 9.59 Å². The number of hydrogen-bond donors (Lipinski definition) is 2. The number of halogens is 1. The fourth-order valence-corrected chi connectivity index (χ4v) is 2.49. The molecule has 24 heavy (non-hydrogen) atoms. The number of H-pyrrole nitrogens is 1. The van der Waals surface area contributed by atoms with Gasteiger partial charge in [0.1, 0.15) is 5.69 Å². The van der Waals surface area contributed by atoms with Gasteiger partial charge in [-0.15, -0.1) is 0 Å². The molecule has 120 valence electrons. The average molecular weight is 384 g/mol. The van der Waals surface area contributed by atoms with Crippen molar-refractivity contribution < 1.29 is 9.59 Å². The highest BCUT2D eigenvalue weighted by atomic mass is 79.9. The van der Waals surface area contributed by atoms with E-state index < -0.39 is 0 Å². The first-order valence-corrected chi connectivity index (χ1v) is 8.06. The molecular weight excluding hydrogens is 370 g/mol. The van der Waals surface area contributed by atoms with E-state index in [2.05, 4.69) is 31.4 Å². The molecule has 0 unspecified atom stereocenters. The Morgan fingerprint density at radius 2 is 1.83 bits per heavy atom. The first-order valence-electron chi connectivity index (χ1n) is 7.26. The second kappa shape index (κ2) is 6.80. The molecule has 6 heteroatoms. The minimum atomic E-state index is -0.313. The number of aromatic nitrogens is 2. The van der Waals surface area contributed by atoms with Gasteiger partial charge in [-0.05, 0) is 37.3 Å². The first kappa shape index (κ1) is 16.1. The number of nitrogens with one attached hydrogen (secondary N) is 2. The van der Waals surface area contributed by atoms with Crippen LogP contribution in [0.3, 0.4) is 0 Å². The van der Waals surface area contributed by atoms with Gasteiger partial charge >= 0.3 is 0 Å². The number of hydrogen-bond acceptors (Lipinski definition) is 3. The number of rotatable bonds is 4. The molecule has 2 N–H and O–H groups in total. The number of anilines is 1. The Morgan fingerprint density at radius 1 is 1.08 bits per heavy atom. The lowest BCUT2D eigenvalue weighted by Gasteiger charge is -2.04. The molecule has 0 saturated heterocycles. The molecule has 0 spiro atoms. The standard InChI is InChI=1S/C18H14BrN3O2/c1-11(23)13-3-2-4-15(9-13)20-18(24)17-10-16(21-22-17)12-5-7-14(19)8-6-12/h2-10H,1H3,(H,20,24)(H,21,22). The Labute approximate surface area is 147 Å². The van der Waals surface area contributed by atoms with Gasteiger partial charge in [-0.25, -0.2) is 0 Å². The number of nitrogens with zero attached hydrogens (tertiary/aromatic N) is 1. The molecule has 0 aliphatic heterocycles. The number of benzene rings is 2. The molecule has 0 atom stereocenters. The van der Waals surface area contributed by atoms with E-state index in [0.717, 1.165) is 10.0 Å². The molecule has 1 heterocycles. The minimum Gasteiger partial charge on any atom is -0.321 e. The van der Waals surface area contributed by atoms with Crippen LogP contribution in [0, 0.1) is 0 Å². The summed E-state index contributed by atoms with van der Waals surface area (Å²) in [6, 6.07) is 16.2. The van der Waals surface area contributed by atoms with Crippen LogP contribution in [0.4, 0.5) is 5.69 Å². The normalized spacial score (nSPS) is 10.4. The van der Waals surface area contributed by atoms with Crippen LogP contribution in [-0.4, -0.2) is 21.9 Å². The molecule has 0 fully saturated rings. The highest BCUT2D eigenvalue weighted by Crippen LogP contribution is 2.21. The van der Waals surface area contributed by atoms with Gasteiger partial charge in [0.25, 0.3) is 5.91 Å². The number of carbonyl (C=O) groups is 2. The van der Waals surface area contributed by atoms with E-state index in [4.69, 9.17) is 0 Å². The van der Waals surface area contributed by atoms with Crippen LogP contribution in [0.15, 0.2) is 59.1 Å². The summed E-state index contributed by atoms with van der Waals surface area (Å²) in [4.78, 5) is 23.7. The van der Waals surface area contributed by atoms with Crippen molar-refractivity contribution in [2.45, 2.75) is 6.92 Å². The van der Waals surface area contributed by atoms with Crippen molar-refractivity contribution in [3.05, 3.63) is 70.3 Å². The summed E-state index contributed by atoms with van der Waals surface area (Å²) in [5.74, 6) is -0.364. The largest absolute Gasteiger partial charge is 0.321 e. The average Bonchev–Trinajstić information content (AvgIpc) is 3.06. The predicted molar refractivity (Wildman–Crippen MR) is 96.1 cm³/mol. The smallest absolute Gasteiger partial charge is 0.273 e. The van der Waals surface area contributed by atoms with Crippen LogP contribution >= 0.6 is 15.9 Å². The van der Waals surface area contributed by atoms with Crippen LogP contribution in [0.5, 0.6) is 0 Å². The summed E-state index contributed by atoms with van der Waals surface area (Å²) in [5.41, 5.74) is 3.05. The third-order valence-electron chi connectivity index (χ3n) is 3.49. The summed E-state index contributed by atoms with van der Waals surface area (Å²) >= 11 is 3.38. The van der Waals surface area contributed by atoms with E-state index in [1.165, 1.54) is 6.92 Å². The van der Waals surface area contributed by atoms with Gasteiger partial charge in [0, 0.05) is 21.3 Å². The quantitative estimate of drug-likeness (QED) is 0.659. The topological polar surface area (TPSA) is 74.8 Å². The summed E-state index contributed by atoms with van der Waals surface area (Å²) in [5, 5.41) is 9.66. The highest BCUT2D eigenvalue weighted by Gasteiger charge is 2.12. The second-order valence-electron chi connectivity index (χ2n) is 5.26. The molecular formula is C18H14BrN3O2. The minimum absolute atomic E-state index is 0.0508. The maximum Gasteiger partial charge on any atom is 0.273 e. The van der Waals surface area contributed by atoms with E-state index in [-0.39, 0.29) is 11.7 Å². The van der Waals surface area contributed by atoms with Crippen molar-refractivity contribution in [3.63, 3.8) is 0 Å². The van der Waals surface area contributed by atoms with Crippen LogP contribution in [-0.2, 0) is 0 Å². The molecule has 3 aromatic rings. The van der Waals surface area contributed by atoms with Crippen molar-refractivity contribution in [1.29, 1.82) is 0 Å². The van der Waals surface area contributed by atoms with E-state index in [0.29, 0.717) is 22.6 Å². The lowest BCUT2D eigenvalue weighted by Crippen LogP contribution is -2.12. The van der Waals surface area contributed by atoms with Crippen molar-refractivity contribution in [1.82, 2.24) is 10.2 Å². The molecule has 1 aromatic heterocycles. The fourth-order valence-electron chi connectivity index (χ4n) is 2.22. The third kappa shape index (κ3) is 3.60. The van der Waals surface area contributed by atoms with Gasteiger partial charge in [0.05, 0.1) is 5.69 Å². The number of aromatic amines is 1. The van der Waals surface area contributed by atoms with E-state index >= 15 is 0 Å². The van der Waals surface area contributed by atoms with Crippen LogP contribution in [0.1, 0.15) is 27.8 Å². The molecule has 1 amide bonds. The van der Waals surface area contributed by atoms with Gasteiger partial charge in [-0.2, -0.15) is 5.10 Å². The maximum absolute atomic E-state index is 12.3. The molecule has 0 bridgehead atoms. The zero-order valence-electron chi connectivity index (χ0n) is 12.8. The Bertz CT molecular complexity index is 901. The SMILES string of the molecule is CC(=O)c1cccc(NC(=O)c2cc(-c3ccc(Br)cc3)n[nH]2)c1. The Kier molecular flexibility index (Phi) is 4.57. The van der Waals surface area contributed by atoms with Crippen molar-refractivity contribution in [2.75, 3.05) is 5.32 Å². The monoisotopic (exact) mass is 383 g/mol.